The molecule has 324 valence electrons. The summed E-state index contributed by atoms with van der Waals surface area (Å²) in [5.41, 5.74) is 22.7. The van der Waals surface area contributed by atoms with Crippen LogP contribution >= 0.6 is 0 Å². The highest BCUT2D eigenvalue weighted by Gasteiger charge is 2.36. The summed E-state index contributed by atoms with van der Waals surface area (Å²) in [4.78, 5) is 4.91. The van der Waals surface area contributed by atoms with Crippen LogP contribution in [0, 0.1) is 0 Å². The van der Waals surface area contributed by atoms with Gasteiger partial charge in [0.15, 0.2) is 0 Å². The van der Waals surface area contributed by atoms with E-state index < -0.39 is 0 Å². The molecule has 3 aliphatic rings. The van der Waals surface area contributed by atoms with Crippen molar-refractivity contribution >= 4 is 74.3 Å². The largest absolute Gasteiger partial charge is 0.341 e. The molecule has 0 aromatic heterocycles. The lowest BCUT2D eigenvalue weighted by atomic mass is 9.81. The van der Waals surface area contributed by atoms with E-state index >= 15 is 0 Å². The first-order valence-corrected chi connectivity index (χ1v) is 24.1. The van der Waals surface area contributed by atoms with Crippen LogP contribution in [0.5, 0.6) is 0 Å². The van der Waals surface area contributed by atoms with Gasteiger partial charge >= 0.3 is 0 Å². The molecule has 0 spiro atoms. The minimum absolute atomic E-state index is 0.101. The number of rotatable bonds is 6. The molecule has 0 bridgehead atoms. The molecule has 0 N–H and O–H groups in total. The van der Waals surface area contributed by atoms with E-state index in [0.29, 0.717) is 0 Å². The van der Waals surface area contributed by atoms with Gasteiger partial charge in [-0.1, -0.05) is 202 Å². The maximum Gasteiger partial charge on any atom is 0.0534 e. The molecule has 0 fully saturated rings. The summed E-state index contributed by atoms with van der Waals surface area (Å²) in [5.74, 6) is 0. The SMILES string of the molecule is CC1(C)c2cc(C=Cc3ccc(-c4c5ccccc5c(-c5ccc(N6c7ccccc7C=Cc7ccccc76)cc5)c5ccccc45)cc3)ccc2-c2ccc(N3CCCc4ccccc43)cc21. The highest BCUT2D eigenvalue weighted by atomic mass is 15.2. The molecule has 0 saturated heterocycles. The Morgan fingerprint density at radius 3 is 1.51 bits per heavy atom. The normalized spacial score (nSPS) is 14.4. The van der Waals surface area contributed by atoms with E-state index in [0.717, 1.165) is 18.7 Å². The third kappa shape index (κ3) is 6.54. The first kappa shape index (κ1) is 40.1. The van der Waals surface area contributed by atoms with Gasteiger partial charge < -0.3 is 9.80 Å². The molecule has 2 heterocycles. The van der Waals surface area contributed by atoms with Gasteiger partial charge in [0.25, 0.3) is 0 Å². The summed E-state index contributed by atoms with van der Waals surface area (Å²) in [6.07, 6.45) is 11.3. The first-order valence-electron chi connectivity index (χ1n) is 24.1. The Labute approximate surface area is 399 Å². The number of para-hydroxylation sites is 3. The summed E-state index contributed by atoms with van der Waals surface area (Å²) in [5, 5.41) is 5.01. The Morgan fingerprint density at radius 1 is 0.426 bits per heavy atom. The van der Waals surface area contributed by atoms with E-state index in [1.807, 2.05) is 0 Å². The standard InChI is InChI=1S/C66H50N2/c1-66(2)59-42-45(29-39-53(59)54-40-38-52(43-60(54)66)67-41-13-17-46-14-3-10-22-61(46)67)26-25-44-27-30-49(31-28-44)64-55-18-6-8-20-57(55)65(58-21-9-7-19-56(58)64)50-34-36-51(37-35-50)68-62-23-11-4-15-47(62)32-33-48-16-5-12-24-63(48)68/h3-12,14-16,18-40,42-43H,13,17,41H2,1-2H3. The van der Waals surface area contributed by atoms with Crippen molar-refractivity contribution in [3.63, 3.8) is 0 Å². The Balaban J connectivity index is 0.807. The van der Waals surface area contributed by atoms with E-state index in [2.05, 4.69) is 254 Å². The van der Waals surface area contributed by atoms with Crippen LogP contribution < -0.4 is 9.80 Å². The molecule has 0 saturated carbocycles. The Morgan fingerprint density at radius 2 is 0.897 bits per heavy atom. The number of nitrogens with zero attached hydrogens (tertiary/aromatic N) is 2. The highest BCUT2D eigenvalue weighted by molar-refractivity contribution is 6.21. The average Bonchev–Trinajstić information content (AvgIpc) is 3.49. The van der Waals surface area contributed by atoms with Crippen LogP contribution in [-0.2, 0) is 11.8 Å². The lowest BCUT2D eigenvalue weighted by molar-refractivity contribution is 0.659. The van der Waals surface area contributed by atoms with E-state index in [1.165, 1.54) is 123 Å². The van der Waals surface area contributed by atoms with E-state index in [9.17, 15) is 0 Å². The van der Waals surface area contributed by atoms with Crippen LogP contribution in [0.1, 0.15) is 59.2 Å². The van der Waals surface area contributed by atoms with Crippen LogP contribution in [0.3, 0.4) is 0 Å². The zero-order valence-corrected chi connectivity index (χ0v) is 38.5. The average molecular weight is 871 g/mol. The fraction of sp³-hybridized carbons (Fsp3) is 0.0909. The van der Waals surface area contributed by atoms with Crippen LogP contribution in [0.15, 0.2) is 206 Å². The number of hydrogen-bond donors (Lipinski definition) is 0. The van der Waals surface area contributed by atoms with Crippen molar-refractivity contribution in [1.29, 1.82) is 0 Å². The molecule has 13 rings (SSSR count). The van der Waals surface area contributed by atoms with Crippen LogP contribution in [0.2, 0.25) is 0 Å². The predicted octanol–water partition coefficient (Wildman–Crippen LogP) is 17.8. The molecule has 10 aromatic rings. The molecule has 0 unspecified atom stereocenters. The summed E-state index contributed by atoms with van der Waals surface area (Å²) in [7, 11) is 0. The quantitative estimate of drug-likeness (QED) is 0.121. The van der Waals surface area contributed by atoms with E-state index in [-0.39, 0.29) is 5.41 Å². The van der Waals surface area contributed by atoms with Crippen molar-refractivity contribution in [2.24, 2.45) is 0 Å². The summed E-state index contributed by atoms with van der Waals surface area (Å²) >= 11 is 0. The van der Waals surface area contributed by atoms with E-state index in [1.54, 1.807) is 0 Å². The van der Waals surface area contributed by atoms with Gasteiger partial charge in [0.1, 0.15) is 0 Å². The number of benzene rings is 10. The number of hydrogen-bond acceptors (Lipinski definition) is 2. The molecule has 10 aromatic carbocycles. The first-order chi connectivity index (χ1) is 33.5. The van der Waals surface area contributed by atoms with Crippen molar-refractivity contribution in [1.82, 2.24) is 0 Å². The second-order valence-corrected chi connectivity index (χ2v) is 19.2. The second-order valence-electron chi connectivity index (χ2n) is 19.2. The Hall–Kier alpha value is -8.20. The van der Waals surface area contributed by atoms with Crippen LogP contribution in [-0.4, -0.2) is 6.54 Å². The van der Waals surface area contributed by atoms with Gasteiger partial charge in [0.2, 0.25) is 0 Å². The molecule has 0 atom stereocenters. The molecule has 68 heavy (non-hydrogen) atoms. The second kappa shape index (κ2) is 16.0. The monoisotopic (exact) mass is 870 g/mol. The Bertz CT molecular complexity index is 3580. The molecule has 0 radical (unpaired) electrons. The number of aryl methyl sites for hydroxylation is 1. The van der Waals surface area contributed by atoms with Crippen molar-refractivity contribution in [3.8, 4) is 33.4 Å². The van der Waals surface area contributed by atoms with Gasteiger partial charge in [0, 0.05) is 29.0 Å². The fourth-order valence-electron chi connectivity index (χ4n) is 11.5. The van der Waals surface area contributed by atoms with Crippen LogP contribution in [0.4, 0.5) is 28.4 Å². The Kier molecular flexibility index (Phi) is 9.44. The molecule has 2 heteroatoms. The minimum atomic E-state index is -0.101. The van der Waals surface area contributed by atoms with Gasteiger partial charge in [-0.3, -0.25) is 0 Å². The van der Waals surface area contributed by atoms with Gasteiger partial charge in [0.05, 0.1) is 11.4 Å². The topological polar surface area (TPSA) is 6.48 Å². The number of anilines is 5. The lowest BCUT2D eigenvalue weighted by Gasteiger charge is -2.32. The summed E-state index contributed by atoms with van der Waals surface area (Å²) in [6, 6.07) is 76.6. The maximum atomic E-state index is 2.52. The van der Waals surface area contributed by atoms with Crippen molar-refractivity contribution in [3.05, 3.63) is 245 Å². The molecule has 0 amide bonds. The predicted molar refractivity (Wildman–Crippen MR) is 291 cm³/mol. The maximum absolute atomic E-state index is 2.52. The lowest BCUT2D eigenvalue weighted by Crippen LogP contribution is -2.25. The van der Waals surface area contributed by atoms with Crippen molar-refractivity contribution < 1.29 is 0 Å². The molecular weight excluding hydrogens is 821 g/mol. The molecular formula is C66H50N2. The summed E-state index contributed by atoms with van der Waals surface area (Å²) < 4.78 is 0. The molecule has 2 aliphatic heterocycles. The minimum Gasteiger partial charge on any atom is -0.341 e. The third-order valence-electron chi connectivity index (χ3n) is 14.9. The fourth-order valence-corrected chi connectivity index (χ4v) is 11.5. The number of fused-ring (bicyclic) bond motifs is 8. The zero-order valence-electron chi connectivity index (χ0n) is 38.5. The van der Waals surface area contributed by atoms with Gasteiger partial charge in [-0.25, -0.2) is 0 Å². The van der Waals surface area contributed by atoms with Crippen LogP contribution in [0.25, 0.3) is 79.2 Å². The van der Waals surface area contributed by atoms with Gasteiger partial charge in [-0.15, -0.1) is 0 Å². The third-order valence-corrected chi connectivity index (χ3v) is 14.9. The zero-order chi connectivity index (χ0) is 45.3. The highest BCUT2D eigenvalue weighted by Crippen LogP contribution is 2.51. The van der Waals surface area contributed by atoms with Gasteiger partial charge in [-0.2, -0.15) is 0 Å². The summed E-state index contributed by atoms with van der Waals surface area (Å²) in [6.45, 7) is 5.83. The molecule has 2 nitrogen and oxygen atoms in total. The van der Waals surface area contributed by atoms with E-state index in [4.69, 9.17) is 0 Å². The van der Waals surface area contributed by atoms with Crippen molar-refractivity contribution in [2.75, 3.05) is 16.3 Å². The smallest absolute Gasteiger partial charge is 0.0534 e. The van der Waals surface area contributed by atoms with Crippen molar-refractivity contribution in [2.45, 2.75) is 32.1 Å². The molecule has 1 aliphatic carbocycles. The van der Waals surface area contributed by atoms with Gasteiger partial charge in [-0.05, 0) is 149 Å².